The van der Waals surface area contributed by atoms with Gasteiger partial charge in [-0.15, -0.1) is 5.10 Å². The molecule has 126 valence electrons. The summed E-state index contributed by atoms with van der Waals surface area (Å²) >= 11 is 0. The molecule has 7 nitrogen and oxygen atoms in total. The van der Waals surface area contributed by atoms with Gasteiger partial charge in [0.2, 0.25) is 11.8 Å². The van der Waals surface area contributed by atoms with Crippen LogP contribution in [-0.4, -0.2) is 22.0 Å². The molecule has 25 heavy (non-hydrogen) atoms. The molecule has 2 aromatic carbocycles. The standard InChI is InChI=1S/C18H16N4O3/c1-2-15(23)19-14-11-7-6-10-13(14)16(24)20-18-22-21-17(25-18)12-8-4-3-5-9-12/h3-11H,2H2,1H3,(H,19,23)(H,20,22,24). The number of nitrogens with one attached hydrogen (secondary N) is 2. The molecule has 0 aliphatic carbocycles. The lowest BCUT2D eigenvalue weighted by Gasteiger charge is -2.09. The second-order valence-corrected chi connectivity index (χ2v) is 5.18. The zero-order valence-electron chi connectivity index (χ0n) is 13.5. The maximum absolute atomic E-state index is 12.5. The fourth-order valence-electron chi connectivity index (χ4n) is 2.16. The van der Waals surface area contributed by atoms with Crippen molar-refractivity contribution in [2.45, 2.75) is 13.3 Å². The van der Waals surface area contributed by atoms with Crippen molar-refractivity contribution >= 4 is 23.5 Å². The van der Waals surface area contributed by atoms with Crippen molar-refractivity contribution in [3.8, 4) is 11.5 Å². The van der Waals surface area contributed by atoms with Gasteiger partial charge in [0, 0.05) is 12.0 Å². The van der Waals surface area contributed by atoms with Crippen molar-refractivity contribution in [1.29, 1.82) is 0 Å². The number of anilines is 2. The highest BCUT2D eigenvalue weighted by atomic mass is 16.4. The van der Waals surface area contributed by atoms with Crippen molar-refractivity contribution in [3.05, 3.63) is 60.2 Å². The van der Waals surface area contributed by atoms with E-state index in [9.17, 15) is 9.59 Å². The fourth-order valence-corrected chi connectivity index (χ4v) is 2.16. The topological polar surface area (TPSA) is 97.1 Å². The van der Waals surface area contributed by atoms with Crippen molar-refractivity contribution in [2.75, 3.05) is 10.6 Å². The minimum absolute atomic E-state index is 0.0134. The highest BCUT2D eigenvalue weighted by Crippen LogP contribution is 2.21. The number of nitrogens with zero attached hydrogens (tertiary/aromatic N) is 2. The zero-order chi connectivity index (χ0) is 17.6. The Morgan fingerprint density at radius 3 is 2.44 bits per heavy atom. The van der Waals surface area contributed by atoms with E-state index < -0.39 is 5.91 Å². The van der Waals surface area contributed by atoms with Crippen LogP contribution in [0.4, 0.5) is 11.7 Å². The van der Waals surface area contributed by atoms with Crippen LogP contribution < -0.4 is 10.6 Å². The van der Waals surface area contributed by atoms with E-state index in [2.05, 4.69) is 20.8 Å². The molecule has 0 bridgehead atoms. The average molecular weight is 336 g/mol. The number of amides is 2. The van der Waals surface area contributed by atoms with Gasteiger partial charge in [0.25, 0.3) is 5.91 Å². The third-order valence-electron chi connectivity index (χ3n) is 3.43. The summed E-state index contributed by atoms with van der Waals surface area (Å²) in [5.74, 6) is -0.317. The Morgan fingerprint density at radius 1 is 0.960 bits per heavy atom. The van der Waals surface area contributed by atoms with Gasteiger partial charge in [-0.25, -0.2) is 0 Å². The van der Waals surface area contributed by atoms with Crippen molar-refractivity contribution < 1.29 is 14.0 Å². The first-order valence-corrected chi connectivity index (χ1v) is 7.76. The third-order valence-corrected chi connectivity index (χ3v) is 3.43. The van der Waals surface area contributed by atoms with Gasteiger partial charge in [0.1, 0.15) is 0 Å². The number of para-hydroxylation sites is 1. The fraction of sp³-hybridized carbons (Fsp3) is 0.111. The summed E-state index contributed by atoms with van der Waals surface area (Å²) in [5, 5.41) is 13.0. The summed E-state index contributed by atoms with van der Waals surface area (Å²) in [7, 11) is 0. The summed E-state index contributed by atoms with van der Waals surface area (Å²) in [6, 6.07) is 15.9. The normalized spacial score (nSPS) is 10.3. The SMILES string of the molecule is CCC(=O)Nc1ccccc1C(=O)Nc1nnc(-c2ccccc2)o1. The number of aromatic nitrogens is 2. The van der Waals surface area contributed by atoms with Crippen LogP contribution in [0.15, 0.2) is 59.0 Å². The largest absolute Gasteiger partial charge is 0.403 e. The molecule has 2 amide bonds. The summed E-state index contributed by atoms with van der Waals surface area (Å²) in [6.07, 6.45) is 0.319. The van der Waals surface area contributed by atoms with E-state index in [1.165, 1.54) is 0 Å². The molecule has 0 atom stereocenters. The van der Waals surface area contributed by atoms with E-state index in [1.54, 1.807) is 31.2 Å². The number of benzene rings is 2. The number of carbonyl (C=O) groups is 2. The minimum Gasteiger partial charge on any atom is -0.403 e. The first kappa shape index (κ1) is 16.4. The number of rotatable bonds is 5. The predicted molar refractivity (Wildman–Crippen MR) is 93.0 cm³/mol. The molecule has 0 radical (unpaired) electrons. The summed E-state index contributed by atoms with van der Waals surface area (Å²) < 4.78 is 5.46. The minimum atomic E-state index is -0.449. The second kappa shape index (κ2) is 7.39. The van der Waals surface area contributed by atoms with Crippen LogP contribution in [0.2, 0.25) is 0 Å². The van der Waals surface area contributed by atoms with Crippen molar-refractivity contribution in [2.24, 2.45) is 0 Å². The van der Waals surface area contributed by atoms with Gasteiger partial charge in [-0.3, -0.25) is 14.9 Å². The van der Waals surface area contributed by atoms with E-state index in [4.69, 9.17) is 4.42 Å². The maximum Gasteiger partial charge on any atom is 0.322 e. The molecule has 1 heterocycles. The molecule has 0 unspecified atom stereocenters. The molecule has 0 aliphatic rings. The van der Waals surface area contributed by atoms with E-state index in [0.29, 0.717) is 23.6 Å². The molecule has 7 heteroatoms. The van der Waals surface area contributed by atoms with Crippen LogP contribution in [0.5, 0.6) is 0 Å². The molecule has 0 aliphatic heterocycles. The molecule has 0 saturated heterocycles. The lowest BCUT2D eigenvalue weighted by molar-refractivity contribution is -0.115. The van der Waals surface area contributed by atoms with Gasteiger partial charge in [-0.05, 0) is 24.3 Å². The Labute approximate surface area is 144 Å². The van der Waals surface area contributed by atoms with Gasteiger partial charge in [-0.1, -0.05) is 42.4 Å². The van der Waals surface area contributed by atoms with Crippen LogP contribution in [0.1, 0.15) is 23.7 Å². The lowest BCUT2D eigenvalue weighted by Crippen LogP contribution is -2.17. The monoisotopic (exact) mass is 336 g/mol. The number of hydrogen-bond donors (Lipinski definition) is 2. The number of carbonyl (C=O) groups excluding carboxylic acids is 2. The quantitative estimate of drug-likeness (QED) is 0.745. The molecule has 0 saturated carbocycles. The molecule has 1 aromatic heterocycles. The Kier molecular flexibility index (Phi) is 4.84. The van der Waals surface area contributed by atoms with Crippen LogP contribution >= 0.6 is 0 Å². The molecule has 0 spiro atoms. The Morgan fingerprint density at radius 2 is 1.68 bits per heavy atom. The third kappa shape index (κ3) is 3.89. The highest BCUT2D eigenvalue weighted by molar-refractivity contribution is 6.09. The average Bonchev–Trinajstić information content (AvgIpc) is 3.11. The van der Waals surface area contributed by atoms with Gasteiger partial charge in [0.05, 0.1) is 11.3 Å². The Hall–Kier alpha value is -3.48. The van der Waals surface area contributed by atoms with Crippen LogP contribution in [-0.2, 0) is 4.79 Å². The van der Waals surface area contributed by atoms with Crippen LogP contribution in [0.3, 0.4) is 0 Å². The first-order valence-electron chi connectivity index (χ1n) is 7.76. The van der Waals surface area contributed by atoms with E-state index in [1.807, 2.05) is 30.3 Å². The second-order valence-electron chi connectivity index (χ2n) is 5.18. The first-order chi connectivity index (χ1) is 12.2. The molecular formula is C18H16N4O3. The van der Waals surface area contributed by atoms with Gasteiger partial charge in [-0.2, -0.15) is 0 Å². The molecule has 3 aromatic rings. The molecule has 3 rings (SSSR count). The summed E-state index contributed by atoms with van der Waals surface area (Å²) in [6.45, 7) is 1.74. The van der Waals surface area contributed by atoms with Gasteiger partial charge >= 0.3 is 6.01 Å². The molecular weight excluding hydrogens is 320 g/mol. The lowest BCUT2D eigenvalue weighted by atomic mass is 10.1. The van der Waals surface area contributed by atoms with Crippen LogP contribution in [0, 0.1) is 0 Å². The predicted octanol–water partition coefficient (Wildman–Crippen LogP) is 3.34. The van der Waals surface area contributed by atoms with E-state index >= 15 is 0 Å². The van der Waals surface area contributed by atoms with Gasteiger partial charge < -0.3 is 9.73 Å². The highest BCUT2D eigenvalue weighted by Gasteiger charge is 2.16. The maximum atomic E-state index is 12.5. The van der Waals surface area contributed by atoms with Crippen molar-refractivity contribution in [3.63, 3.8) is 0 Å². The molecule has 0 fully saturated rings. The zero-order valence-corrected chi connectivity index (χ0v) is 13.5. The smallest absolute Gasteiger partial charge is 0.322 e. The number of hydrogen-bond acceptors (Lipinski definition) is 5. The van der Waals surface area contributed by atoms with Crippen LogP contribution in [0.25, 0.3) is 11.5 Å². The Balaban J connectivity index is 1.77. The summed E-state index contributed by atoms with van der Waals surface area (Å²) in [4.78, 5) is 24.1. The van der Waals surface area contributed by atoms with E-state index in [0.717, 1.165) is 5.56 Å². The van der Waals surface area contributed by atoms with Gasteiger partial charge in [0.15, 0.2) is 0 Å². The van der Waals surface area contributed by atoms with E-state index in [-0.39, 0.29) is 11.9 Å². The molecule has 2 N–H and O–H groups in total. The summed E-state index contributed by atoms with van der Waals surface area (Å²) in [5.41, 5.74) is 1.49. The Bertz CT molecular complexity index is 890. The van der Waals surface area contributed by atoms with Crippen molar-refractivity contribution in [1.82, 2.24) is 10.2 Å².